The molecule has 2 heterocycles. The Morgan fingerprint density at radius 3 is 2.52 bits per heavy atom. The smallest absolute Gasteiger partial charge is 0.165 e. The zero-order valence-corrected chi connectivity index (χ0v) is 13.1. The average Bonchev–Trinajstić information content (AvgIpc) is 2.69. The van der Waals surface area contributed by atoms with Crippen LogP contribution in [0.5, 0.6) is 5.75 Å². The minimum absolute atomic E-state index is 0.165. The van der Waals surface area contributed by atoms with Crippen molar-refractivity contribution < 1.29 is 9.13 Å². The van der Waals surface area contributed by atoms with Gasteiger partial charge in [-0.3, -0.25) is 0 Å². The molecule has 0 radical (unpaired) electrons. The van der Waals surface area contributed by atoms with Crippen molar-refractivity contribution in [3.63, 3.8) is 0 Å². The quantitative estimate of drug-likeness (QED) is 0.923. The van der Waals surface area contributed by atoms with Crippen LogP contribution in [-0.4, -0.2) is 37.2 Å². The number of hydrogen-bond donors (Lipinski definition) is 1. The maximum Gasteiger partial charge on any atom is 0.165 e. The van der Waals surface area contributed by atoms with E-state index < -0.39 is 0 Å². The number of halogens is 1. The molecule has 4 heteroatoms. The summed E-state index contributed by atoms with van der Waals surface area (Å²) < 4.78 is 18.8. The molecule has 3 unspecified atom stereocenters. The molecule has 1 N–H and O–H groups in total. The third kappa shape index (κ3) is 2.92. The first-order chi connectivity index (χ1) is 10.1. The topological polar surface area (TPSA) is 24.5 Å². The number of nitrogens with one attached hydrogen (secondary N) is 1. The highest BCUT2D eigenvalue weighted by Crippen LogP contribution is 2.35. The van der Waals surface area contributed by atoms with Crippen LogP contribution < -0.4 is 10.1 Å². The van der Waals surface area contributed by atoms with Crippen LogP contribution in [0, 0.1) is 5.82 Å². The van der Waals surface area contributed by atoms with E-state index in [2.05, 4.69) is 24.2 Å². The number of rotatable bonds is 4. The fourth-order valence-corrected chi connectivity index (χ4v) is 3.95. The highest BCUT2D eigenvalue weighted by atomic mass is 19.1. The van der Waals surface area contributed by atoms with Crippen LogP contribution in [0.4, 0.5) is 4.39 Å². The molecule has 0 spiro atoms. The van der Waals surface area contributed by atoms with Gasteiger partial charge in [-0.1, -0.05) is 6.07 Å². The zero-order valence-electron chi connectivity index (χ0n) is 13.1. The molecule has 3 atom stereocenters. The number of methoxy groups -OCH3 is 1. The van der Waals surface area contributed by atoms with E-state index in [4.69, 9.17) is 4.74 Å². The van der Waals surface area contributed by atoms with Crippen LogP contribution in [0.25, 0.3) is 0 Å². The fraction of sp³-hybridized carbons (Fsp3) is 0.647. The van der Waals surface area contributed by atoms with E-state index in [1.165, 1.54) is 32.8 Å². The highest BCUT2D eigenvalue weighted by molar-refractivity contribution is 5.30. The lowest BCUT2D eigenvalue weighted by molar-refractivity contribution is 0.144. The monoisotopic (exact) mass is 292 g/mol. The van der Waals surface area contributed by atoms with E-state index in [1.54, 1.807) is 12.1 Å². The number of piperidine rings is 1. The van der Waals surface area contributed by atoms with E-state index in [0.717, 1.165) is 17.6 Å². The molecule has 0 aromatic heterocycles. The Morgan fingerprint density at radius 2 is 1.95 bits per heavy atom. The molecule has 21 heavy (non-hydrogen) atoms. The van der Waals surface area contributed by atoms with Crippen LogP contribution >= 0.6 is 0 Å². The van der Waals surface area contributed by atoms with E-state index >= 15 is 0 Å². The Balaban J connectivity index is 1.64. The van der Waals surface area contributed by atoms with Gasteiger partial charge in [0.15, 0.2) is 11.6 Å². The number of nitrogens with zero attached hydrogens (tertiary/aromatic N) is 1. The minimum atomic E-state index is -0.285. The van der Waals surface area contributed by atoms with Crippen molar-refractivity contribution in [2.75, 3.05) is 14.2 Å². The Hall–Kier alpha value is -1.13. The Bertz CT molecular complexity index is 494. The molecule has 2 aliphatic rings. The second-order valence-electron chi connectivity index (χ2n) is 6.50. The fourth-order valence-electron chi connectivity index (χ4n) is 3.95. The average molecular weight is 292 g/mol. The normalized spacial score (nSPS) is 30.4. The Kier molecular flexibility index (Phi) is 4.18. The lowest BCUT2D eigenvalue weighted by Gasteiger charge is -2.38. The highest BCUT2D eigenvalue weighted by Gasteiger charge is 2.38. The lowest BCUT2D eigenvalue weighted by Crippen LogP contribution is -2.47. The summed E-state index contributed by atoms with van der Waals surface area (Å²) in [5.74, 6) is 0.0235. The van der Waals surface area contributed by atoms with Crippen LogP contribution in [0.15, 0.2) is 18.2 Å². The van der Waals surface area contributed by atoms with Crippen LogP contribution in [0.1, 0.15) is 44.2 Å². The lowest BCUT2D eigenvalue weighted by atomic mass is 9.96. The number of fused-ring (bicyclic) bond motifs is 2. The third-order valence-corrected chi connectivity index (χ3v) is 5.26. The molecule has 2 saturated heterocycles. The Morgan fingerprint density at radius 1 is 1.29 bits per heavy atom. The van der Waals surface area contributed by atoms with Gasteiger partial charge in [0, 0.05) is 24.2 Å². The standard InChI is InChI=1S/C17H25FN2O/c1-11(12-4-7-17(21-3)16(18)8-12)19-13-9-14-5-6-15(10-13)20(14)2/h4,7-8,11,13-15,19H,5-6,9-10H2,1-3H3. The molecule has 0 aliphatic carbocycles. The van der Waals surface area contributed by atoms with Crippen molar-refractivity contribution in [3.05, 3.63) is 29.6 Å². The van der Waals surface area contributed by atoms with Crippen molar-refractivity contribution in [1.82, 2.24) is 10.2 Å². The molecule has 0 saturated carbocycles. The van der Waals surface area contributed by atoms with Crippen molar-refractivity contribution in [1.29, 1.82) is 0 Å². The molecular weight excluding hydrogens is 267 g/mol. The maximum atomic E-state index is 13.8. The molecular formula is C17H25FN2O. The van der Waals surface area contributed by atoms with Crippen molar-refractivity contribution in [3.8, 4) is 5.75 Å². The zero-order chi connectivity index (χ0) is 15.0. The second-order valence-corrected chi connectivity index (χ2v) is 6.50. The third-order valence-electron chi connectivity index (χ3n) is 5.26. The molecule has 1 aromatic rings. The molecule has 1 aromatic carbocycles. The van der Waals surface area contributed by atoms with E-state index in [1.807, 2.05) is 6.07 Å². The van der Waals surface area contributed by atoms with E-state index in [-0.39, 0.29) is 11.9 Å². The van der Waals surface area contributed by atoms with Crippen molar-refractivity contribution in [2.24, 2.45) is 0 Å². The van der Waals surface area contributed by atoms with Gasteiger partial charge in [-0.2, -0.15) is 0 Å². The summed E-state index contributed by atoms with van der Waals surface area (Å²) in [6.07, 6.45) is 5.06. The van der Waals surface area contributed by atoms with Crippen molar-refractivity contribution in [2.45, 2.75) is 56.8 Å². The number of ether oxygens (including phenoxy) is 1. The largest absolute Gasteiger partial charge is 0.494 e. The predicted octanol–water partition coefficient (Wildman–Crippen LogP) is 3.11. The van der Waals surface area contributed by atoms with Gasteiger partial charge in [0.05, 0.1) is 7.11 Å². The SMILES string of the molecule is COc1ccc(C(C)NC2CC3CCC(C2)N3C)cc1F. The van der Waals surface area contributed by atoms with Gasteiger partial charge in [0.1, 0.15) is 0 Å². The van der Waals surface area contributed by atoms with Gasteiger partial charge in [-0.15, -0.1) is 0 Å². The van der Waals surface area contributed by atoms with Gasteiger partial charge in [-0.25, -0.2) is 4.39 Å². The Labute approximate surface area is 126 Å². The predicted molar refractivity (Wildman–Crippen MR) is 82.1 cm³/mol. The molecule has 116 valence electrons. The first-order valence-electron chi connectivity index (χ1n) is 7.90. The van der Waals surface area contributed by atoms with Gasteiger partial charge in [-0.05, 0) is 57.4 Å². The van der Waals surface area contributed by atoms with Gasteiger partial charge < -0.3 is 15.0 Å². The van der Waals surface area contributed by atoms with E-state index in [0.29, 0.717) is 11.8 Å². The summed E-state index contributed by atoms with van der Waals surface area (Å²) in [6, 6.07) is 7.39. The molecule has 0 amide bonds. The van der Waals surface area contributed by atoms with Gasteiger partial charge in [0.25, 0.3) is 0 Å². The summed E-state index contributed by atoms with van der Waals surface area (Å²) in [6.45, 7) is 2.11. The molecule has 3 rings (SSSR count). The summed E-state index contributed by atoms with van der Waals surface area (Å²) >= 11 is 0. The summed E-state index contributed by atoms with van der Waals surface area (Å²) in [4.78, 5) is 2.54. The second kappa shape index (κ2) is 5.93. The van der Waals surface area contributed by atoms with Crippen LogP contribution in [0.3, 0.4) is 0 Å². The molecule has 2 aliphatic heterocycles. The summed E-state index contributed by atoms with van der Waals surface area (Å²) in [5, 5.41) is 3.69. The first-order valence-corrected chi connectivity index (χ1v) is 7.90. The molecule has 2 fully saturated rings. The first kappa shape index (κ1) is 14.8. The maximum absolute atomic E-state index is 13.8. The summed E-state index contributed by atoms with van der Waals surface area (Å²) in [7, 11) is 3.74. The molecule has 3 nitrogen and oxygen atoms in total. The van der Waals surface area contributed by atoms with Gasteiger partial charge >= 0.3 is 0 Å². The number of hydrogen-bond acceptors (Lipinski definition) is 3. The van der Waals surface area contributed by atoms with Gasteiger partial charge in [0.2, 0.25) is 0 Å². The molecule has 2 bridgehead atoms. The van der Waals surface area contributed by atoms with Crippen molar-refractivity contribution >= 4 is 0 Å². The summed E-state index contributed by atoms with van der Waals surface area (Å²) in [5.41, 5.74) is 0.986. The van der Waals surface area contributed by atoms with E-state index in [9.17, 15) is 4.39 Å². The minimum Gasteiger partial charge on any atom is -0.494 e. The van der Waals surface area contributed by atoms with Crippen LogP contribution in [0.2, 0.25) is 0 Å². The van der Waals surface area contributed by atoms with Crippen LogP contribution in [-0.2, 0) is 0 Å². The number of benzene rings is 1.